The van der Waals surface area contributed by atoms with E-state index in [0.29, 0.717) is 6.42 Å². The molecule has 2 aromatic rings. The van der Waals surface area contributed by atoms with E-state index in [0.717, 1.165) is 0 Å². The van der Waals surface area contributed by atoms with E-state index < -0.39 is 16.1 Å². The molecule has 2 aliphatic heterocycles. The van der Waals surface area contributed by atoms with Crippen LogP contribution in [0.4, 0.5) is 5.69 Å². The number of aliphatic hydroxyl groups is 1. The van der Waals surface area contributed by atoms with Gasteiger partial charge in [0.1, 0.15) is 22.8 Å². The van der Waals surface area contributed by atoms with Gasteiger partial charge in [0.2, 0.25) is 5.88 Å². The fourth-order valence-electron chi connectivity index (χ4n) is 3.48. The minimum absolute atomic E-state index is 0.0842. The number of ether oxygens (including phenoxy) is 2. The maximum Gasteiger partial charge on any atom is 0.265 e. The Kier molecular flexibility index (Phi) is 5.01. The first-order valence-electron chi connectivity index (χ1n) is 8.76. The Bertz CT molecular complexity index is 1080. The molecule has 29 heavy (non-hydrogen) atoms. The summed E-state index contributed by atoms with van der Waals surface area (Å²) in [6.07, 6.45) is 1.08. The largest absolute Gasteiger partial charge is 0.495 e. The van der Waals surface area contributed by atoms with Gasteiger partial charge in [0, 0.05) is 11.6 Å². The number of sulfonamides is 1. The molecule has 154 valence electrons. The summed E-state index contributed by atoms with van der Waals surface area (Å²) in [4.78, 5) is 18.4. The van der Waals surface area contributed by atoms with Crippen LogP contribution in [0.25, 0.3) is 0 Å². The molecule has 11 heteroatoms. The molecule has 4 rings (SSSR count). The van der Waals surface area contributed by atoms with Crippen LogP contribution in [-0.2, 0) is 10.0 Å². The molecule has 9 nitrogen and oxygen atoms in total. The summed E-state index contributed by atoms with van der Waals surface area (Å²) in [5.74, 6) is -0.118. The number of anilines is 1. The number of aromatic nitrogens is 1. The van der Waals surface area contributed by atoms with Crippen LogP contribution in [0.3, 0.4) is 0 Å². The van der Waals surface area contributed by atoms with Gasteiger partial charge in [0.25, 0.3) is 15.9 Å². The number of carbonyl (C=O) groups is 1. The summed E-state index contributed by atoms with van der Waals surface area (Å²) in [7, 11) is -2.71. The van der Waals surface area contributed by atoms with Gasteiger partial charge in [-0.2, -0.15) is 0 Å². The molecule has 2 atom stereocenters. The second-order valence-electron chi connectivity index (χ2n) is 6.79. The number of hydrogen-bond donors (Lipinski definition) is 2. The first-order valence-corrected chi connectivity index (χ1v) is 10.6. The number of nitrogens with zero attached hydrogens (tertiary/aromatic N) is 2. The van der Waals surface area contributed by atoms with Crippen molar-refractivity contribution in [1.82, 2.24) is 9.88 Å². The van der Waals surface area contributed by atoms with E-state index in [1.165, 1.54) is 42.5 Å². The standard InChI is InChI=1S/C18H18ClN3O6S/c1-27-15-3-2-10(19)4-16(15)29(25,26)21-11-5-14-17(20-7-11)28-9-12-6-13(23)8-22(12)18(14)24/h2-5,7,12-13,21,23H,6,8-9H2,1H3/t12-,13-/m1/s1. The number of amides is 1. The first-order chi connectivity index (χ1) is 13.8. The molecular weight excluding hydrogens is 422 g/mol. The Morgan fingerprint density at radius 3 is 2.93 bits per heavy atom. The van der Waals surface area contributed by atoms with Crippen molar-refractivity contribution < 1.29 is 27.8 Å². The Morgan fingerprint density at radius 2 is 2.17 bits per heavy atom. The van der Waals surface area contributed by atoms with Crippen molar-refractivity contribution in [2.45, 2.75) is 23.5 Å². The van der Waals surface area contributed by atoms with E-state index in [2.05, 4.69) is 9.71 Å². The van der Waals surface area contributed by atoms with Gasteiger partial charge in [0.05, 0.1) is 31.1 Å². The van der Waals surface area contributed by atoms with Crippen molar-refractivity contribution in [3.8, 4) is 11.6 Å². The lowest BCUT2D eigenvalue weighted by molar-refractivity contribution is 0.0709. The lowest BCUT2D eigenvalue weighted by atomic mass is 10.2. The zero-order valence-corrected chi connectivity index (χ0v) is 16.9. The second-order valence-corrected chi connectivity index (χ2v) is 8.88. The van der Waals surface area contributed by atoms with E-state index in [9.17, 15) is 18.3 Å². The molecule has 1 aromatic heterocycles. The van der Waals surface area contributed by atoms with Crippen LogP contribution in [0.2, 0.25) is 5.02 Å². The predicted octanol–water partition coefficient (Wildman–Crippen LogP) is 1.51. The van der Waals surface area contributed by atoms with Crippen molar-refractivity contribution in [3.05, 3.63) is 41.0 Å². The minimum Gasteiger partial charge on any atom is -0.495 e. The fourth-order valence-corrected chi connectivity index (χ4v) is 4.94. The average molecular weight is 440 g/mol. The van der Waals surface area contributed by atoms with E-state index in [4.69, 9.17) is 21.1 Å². The molecule has 1 amide bonds. The lowest BCUT2D eigenvalue weighted by Crippen LogP contribution is -2.37. The van der Waals surface area contributed by atoms with Crippen LogP contribution in [0, 0.1) is 0 Å². The molecule has 0 saturated carbocycles. The molecule has 0 unspecified atom stereocenters. The van der Waals surface area contributed by atoms with Crippen LogP contribution < -0.4 is 14.2 Å². The summed E-state index contributed by atoms with van der Waals surface area (Å²) in [5, 5.41) is 10.1. The number of rotatable bonds is 4. The number of benzene rings is 1. The zero-order chi connectivity index (χ0) is 20.8. The van der Waals surface area contributed by atoms with E-state index >= 15 is 0 Å². The van der Waals surface area contributed by atoms with Crippen LogP contribution in [-0.4, -0.2) is 61.7 Å². The Morgan fingerprint density at radius 1 is 1.38 bits per heavy atom. The highest BCUT2D eigenvalue weighted by Gasteiger charge is 2.39. The van der Waals surface area contributed by atoms with Crippen LogP contribution in [0.5, 0.6) is 11.6 Å². The molecule has 0 bridgehead atoms. The molecule has 2 N–H and O–H groups in total. The van der Waals surface area contributed by atoms with E-state index in [1.807, 2.05) is 0 Å². The summed E-state index contributed by atoms with van der Waals surface area (Å²) in [6.45, 7) is 0.412. The summed E-state index contributed by atoms with van der Waals surface area (Å²) >= 11 is 5.93. The monoisotopic (exact) mass is 439 g/mol. The van der Waals surface area contributed by atoms with Crippen molar-refractivity contribution in [3.63, 3.8) is 0 Å². The number of fused-ring (bicyclic) bond motifs is 2. The van der Waals surface area contributed by atoms with Gasteiger partial charge in [-0.15, -0.1) is 0 Å². The minimum atomic E-state index is -4.06. The molecule has 2 aliphatic rings. The quantitative estimate of drug-likeness (QED) is 0.741. The number of methoxy groups -OCH3 is 1. The highest BCUT2D eigenvalue weighted by molar-refractivity contribution is 7.92. The van der Waals surface area contributed by atoms with Gasteiger partial charge in [-0.05, 0) is 30.7 Å². The molecule has 1 saturated heterocycles. The average Bonchev–Trinajstić information content (AvgIpc) is 3.01. The third-order valence-electron chi connectivity index (χ3n) is 4.81. The van der Waals surface area contributed by atoms with E-state index in [1.54, 1.807) is 0 Å². The molecule has 1 aromatic carbocycles. The normalized spacial score (nSPS) is 21.1. The topological polar surface area (TPSA) is 118 Å². The molecule has 3 heterocycles. The third kappa shape index (κ3) is 3.70. The third-order valence-corrected chi connectivity index (χ3v) is 6.45. The van der Waals surface area contributed by atoms with Crippen LogP contribution in [0.15, 0.2) is 35.4 Å². The smallest absolute Gasteiger partial charge is 0.265 e. The van der Waals surface area contributed by atoms with Crippen molar-refractivity contribution >= 4 is 33.2 Å². The Balaban J connectivity index is 1.67. The van der Waals surface area contributed by atoms with Gasteiger partial charge < -0.3 is 19.5 Å². The van der Waals surface area contributed by atoms with Gasteiger partial charge >= 0.3 is 0 Å². The molecule has 1 fully saturated rings. The highest BCUT2D eigenvalue weighted by Crippen LogP contribution is 2.32. The van der Waals surface area contributed by atoms with Crippen molar-refractivity contribution in [1.29, 1.82) is 0 Å². The van der Waals surface area contributed by atoms with Gasteiger partial charge in [-0.1, -0.05) is 11.6 Å². The van der Waals surface area contributed by atoms with Gasteiger partial charge in [-0.3, -0.25) is 9.52 Å². The molecule has 0 aliphatic carbocycles. The highest BCUT2D eigenvalue weighted by atomic mass is 35.5. The van der Waals surface area contributed by atoms with E-state index in [-0.39, 0.29) is 57.9 Å². The van der Waals surface area contributed by atoms with Crippen molar-refractivity contribution in [2.75, 3.05) is 25.0 Å². The number of aliphatic hydroxyl groups excluding tert-OH is 1. The van der Waals surface area contributed by atoms with Crippen LogP contribution in [0.1, 0.15) is 16.8 Å². The number of nitrogens with one attached hydrogen (secondary N) is 1. The lowest BCUT2D eigenvalue weighted by Gasteiger charge is -2.20. The number of hydrogen-bond acceptors (Lipinski definition) is 7. The Hall–Kier alpha value is -2.56. The molecule has 0 spiro atoms. The Labute approximate surface area is 172 Å². The zero-order valence-electron chi connectivity index (χ0n) is 15.3. The number of carbonyl (C=O) groups excluding carboxylic acids is 1. The van der Waals surface area contributed by atoms with Gasteiger partial charge in [-0.25, -0.2) is 13.4 Å². The second kappa shape index (κ2) is 7.36. The molecular formula is C18H18ClN3O6S. The fraction of sp³-hybridized carbons (Fsp3) is 0.333. The summed E-state index contributed by atoms with van der Waals surface area (Å²) in [6, 6.07) is 5.35. The summed E-state index contributed by atoms with van der Waals surface area (Å²) in [5.41, 5.74) is 0.209. The van der Waals surface area contributed by atoms with Crippen molar-refractivity contribution in [2.24, 2.45) is 0 Å². The SMILES string of the molecule is COc1ccc(Cl)cc1S(=O)(=O)Nc1cnc2c(c1)C(=O)N1C[C@H](O)C[C@@H]1CO2. The van der Waals surface area contributed by atoms with Gasteiger partial charge in [0.15, 0.2) is 0 Å². The first kappa shape index (κ1) is 19.7. The van der Waals surface area contributed by atoms with Crippen LogP contribution >= 0.6 is 11.6 Å². The number of halogens is 1. The molecule has 0 radical (unpaired) electrons. The predicted molar refractivity (Wildman–Crippen MR) is 104 cm³/mol. The maximum atomic E-state index is 12.9. The maximum absolute atomic E-state index is 12.9. The number of pyridine rings is 1. The summed E-state index contributed by atoms with van der Waals surface area (Å²) < 4.78 is 38.8.